The molecule has 0 atom stereocenters. The summed E-state index contributed by atoms with van der Waals surface area (Å²) in [4.78, 5) is 14.0. The topological polar surface area (TPSA) is 29.5 Å². The lowest BCUT2D eigenvalue weighted by atomic mass is 10.1. The molecule has 0 radical (unpaired) electrons. The molecule has 1 amide bonds. The zero-order valence-electron chi connectivity index (χ0n) is 13.5. The average molecular weight is 297 g/mol. The summed E-state index contributed by atoms with van der Waals surface area (Å²) < 4.78 is 5.33. The number of hydrogen-bond donors (Lipinski definition) is 0. The van der Waals surface area contributed by atoms with E-state index in [1.807, 2.05) is 31.3 Å². The minimum absolute atomic E-state index is 0.145. The van der Waals surface area contributed by atoms with Crippen molar-refractivity contribution in [3.05, 3.63) is 65.2 Å². The van der Waals surface area contributed by atoms with Crippen molar-refractivity contribution in [3.63, 3.8) is 0 Å². The molecule has 0 aromatic heterocycles. The van der Waals surface area contributed by atoms with Crippen molar-refractivity contribution >= 4 is 5.91 Å². The van der Waals surface area contributed by atoms with Crippen molar-refractivity contribution < 1.29 is 9.53 Å². The molecule has 0 saturated carbocycles. The third-order valence-corrected chi connectivity index (χ3v) is 3.77. The Morgan fingerprint density at radius 2 is 1.77 bits per heavy atom. The highest BCUT2D eigenvalue weighted by molar-refractivity contribution is 5.76. The van der Waals surface area contributed by atoms with Gasteiger partial charge in [-0.3, -0.25) is 4.79 Å². The van der Waals surface area contributed by atoms with E-state index < -0.39 is 0 Å². The van der Waals surface area contributed by atoms with Crippen LogP contribution in [0, 0.1) is 6.92 Å². The van der Waals surface area contributed by atoms with Crippen LogP contribution in [0.25, 0.3) is 0 Å². The first kappa shape index (κ1) is 16.1. The minimum Gasteiger partial charge on any atom is -0.496 e. The molecule has 2 rings (SSSR count). The molecule has 0 aliphatic rings. The third-order valence-electron chi connectivity index (χ3n) is 3.77. The molecule has 0 fully saturated rings. The number of methoxy groups -OCH3 is 1. The van der Waals surface area contributed by atoms with Gasteiger partial charge in [-0.25, -0.2) is 0 Å². The van der Waals surface area contributed by atoms with Crippen molar-refractivity contribution in [2.24, 2.45) is 0 Å². The van der Waals surface area contributed by atoms with Crippen LogP contribution in [0.2, 0.25) is 0 Å². The van der Waals surface area contributed by atoms with Crippen molar-refractivity contribution in [2.75, 3.05) is 14.2 Å². The SMILES string of the molecule is COc1ccccc1CN(C)C(=O)CCc1ccc(C)cc1. The predicted molar refractivity (Wildman–Crippen MR) is 89.0 cm³/mol. The van der Waals surface area contributed by atoms with Gasteiger partial charge in [0.15, 0.2) is 0 Å². The highest BCUT2D eigenvalue weighted by Crippen LogP contribution is 2.19. The molecule has 0 bridgehead atoms. The Kier molecular flexibility index (Phi) is 5.59. The van der Waals surface area contributed by atoms with E-state index in [-0.39, 0.29) is 5.91 Å². The number of para-hydroxylation sites is 1. The number of nitrogens with zero attached hydrogens (tertiary/aromatic N) is 1. The fourth-order valence-corrected chi connectivity index (χ4v) is 2.37. The molecule has 116 valence electrons. The van der Waals surface area contributed by atoms with E-state index in [2.05, 4.69) is 31.2 Å². The normalized spacial score (nSPS) is 10.3. The summed E-state index contributed by atoms with van der Waals surface area (Å²) in [7, 11) is 3.49. The maximum absolute atomic E-state index is 12.3. The lowest BCUT2D eigenvalue weighted by Gasteiger charge is -2.19. The first-order valence-electron chi connectivity index (χ1n) is 7.51. The van der Waals surface area contributed by atoms with Crippen molar-refractivity contribution in [1.29, 1.82) is 0 Å². The van der Waals surface area contributed by atoms with Crippen LogP contribution in [-0.4, -0.2) is 25.0 Å². The van der Waals surface area contributed by atoms with Crippen molar-refractivity contribution in [1.82, 2.24) is 4.90 Å². The molecule has 3 nitrogen and oxygen atoms in total. The zero-order valence-corrected chi connectivity index (χ0v) is 13.5. The summed E-state index contributed by atoms with van der Waals surface area (Å²) in [5.74, 6) is 0.965. The van der Waals surface area contributed by atoms with Crippen molar-refractivity contribution in [2.45, 2.75) is 26.3 Å². The fourth-order valence-electron chi connectivity index (χ4n) is 2.37. The summed E-state index contributed by atoms with van der Waals surface area (Å²) >= 11 is 0. The lowest BCUT2D eigenvalue weighted by Crippen LogP contribution is -2.26. The Morgan fingerprint density at radius 1 is 1.09 bits per heavy atom. The standard InChI is InChI=1S/C19H23NO2/c1-15-8-10-16(11-9-15)12-13-19(21)20(2)14-17-6-4-5-7-18(17)22-3/h4-11H,12-14H2,1-3H3. The van der Waals surface area contributed by atoms with Crippen LogP contribution in [0.5, 0.6) is 5.75 Å². The first-order chi connectivity index (χ1) is 10.6. The molecule has 0 aliphatic carbocycles. The van der Waals surface area contributed by atoms with E-state index in [0.29, 0.717) is 13.0 Å². The second kappa shape index (κ2) is 7.64. The summed E-state index contributed by atoms with van der Waals surface area (Å²) in [5, 5.41) is 0. The quantitative estimate of drug-likeness (QED) is 0.815. The Morgan fingerprint density at radius 3 is 2.45 bits per heavy atom. The number of rotatable bonds is 6. The Labute approximate surface area is 132 Å². The van der Waals surface area contributed by atoms with Gasteiger partial charge in [0.2, 0.25) is 5.91 Å². The molecule has 0 spiro atoms. The number of hydrogen-bond acceptors (Lipinski definition) is 2. The Balaban J connectivity index is 1.90. The largest absolute Gasteiger partial charge is 0.496 e. The lowest BCUT2D eigenvalue weighted by molar-refractivity contribution is -0.130. The van der Waals surface area contributed by atoms with E-state index in [4.69, 9.17) is 4.74 Å². The molecule has 0 unspecified atom stereocenters. The van der Waals surface area contributed by atoms with Crippen LogP contribution in [0.3, 0.4) is 0 Å². The maximum atomic E-state index is 12.3. The van der Waals surface area contributed by atoms with Crippen LogP contribution < -0.4 is 4.74 Å². The van der Waals surface area contributed by atoms with Gasteiger partial charge in [-0.05, 0) is 25.0 Å². The van der Waals surface area contributed by atoms with E-state index in [9.17, 15) is 4.79 Å². The number of aryl methyl sites for hydroxylation is 2. The van der Waals surface area contributed by atoms with Gasteiger partial charge in [0.05, 0.1) is 7.11 Å². The number of amides is 1. The predicted octanol–water partition coefficient (Wildman–Crippen LogP) is 3.59. The van der Waals surface area contributed by atoms with E-state index in [1.165, 1.54) is 11.1 Å². The third kappa shape index (κ3) is 4.35. The smallest absolute Gasteiger partial charge is 0.222 e. The van der Waals surface area contributed by atoms with Gasteiger partial charge in [0.1, 0.15) is 5.75 Å². The molecule has 0 aliphatic heterocycles. The maximum Gasteiger partial charge on any atom is 0.222 e. The van der Waals surface area contributed by atoms with Gasteiger partial charge >= 0.3 is 0 Å². The van der Waals surface area contributed by atoms with Crippen LogP contribution >= 0.6 is 0 Å². The highest BCUT2D eigenvalue weighted by Gasteiger charge is 2.11. The molecular weight excluding hydrogens is 274 g/mol. The van der Waals surface area contributed by atoms with E-state index >= 15 is 0 Å². The van der Waals surface area contributed by atoms with Gasteiger partial charge in [-0.15, -0.1) is 0 Å². The van der Waals surface area contributed by atoms with Crippen molar-refractivity contribution in [3.8, 4) is 5.75 Å². The number of carbonyl (C=O) groups is 1. The fraction of sp³-hybridized carbons (Fsp3) is 0.316. The van der Waals surface area contributed by atoms with Gasteiger partial charge < -0.3 is 9.64 Å². The molecule has 0 heterocycles. The monoisotopic (exact) mass is 297 g/mol. The van der Waals surface area contributed by atoms with E-state index in [1.54, 1.807) is 12.0 Å². The highest BCUT2D eigenvalue weighted by atomic mass is 16.5. The van der Waals surface area contributed by atoms with Crippen LogP contribution in [0.1, 0.15) is 23.1 Å². The summed E-state index contributed by atoms with van der Waals surface area (Å²) in [5.41, 5.74) is 3.46. The average Bonchev–Trinajstić information content (AvgIpc) is 2.54. The van der Waals surface area contributed by atoms with Crippen LogP contribution in [0.4, 0.5) is 0 Å². The second-order valence-electron chi connectivity index (χ2n) is 5.55. The molecule has 2 aromatic rings. The molecular formula is C19H23NO2. The van der Waals surface area contributed by atoms with E-state index in [0.717, 1.165) is 17.7 Å². The summed E-state index contributed by atoms with van der Waals surface area (Å²) in [6, 6.07) is 16.1. The Bertz CT molecular complexity index is 620. The summed E-state index contributed by atoms with van der Waals surface area (Å²) in [6.45, 7) is 2.63. The summed E-state index contributed by atoms with van der Waals surface area (Å²) in [6.07, 6.45) is 1.30. The Hall–Kier alpha value is -2.29. The number of carbonyl (C=O) groups excluding carboxylic acids is 1. The first-order valence-corrected chi connectivity index (χ1v) is 7.51. The number of ether oxygens (including phenoxy) is 1. The van der Waals surface area contributed by atoms with Gasteiger partial charge in [-0.2, -0.15) is 0 Å². The zero-order chi connectivity index (χ0) is 15.9. The molecule has 22 heavy (non-hydrogen) atoms. The second-order valence-corrected chi connectivity index (χ2v) is 5.55. The van der Waals surface area contributed by atoms with Crippen LogP contribution in [0.15, 0.2) is 48.5 Å². The van der Waals surface area contributed by atoms with Gasteiger partial charge in [-0.1, -0.05) is 48.0 Å². The van der Waals surface area contributed by atoms with Gasteiger partial charge in [0.25, 0.3) is 0 Å². The minimum atomic E-state index is 0.145. The van der Waals surface area contributed by atoms with Crippen LogP contribution in [-0.2, 0) is 17.8 Å². The molecule has 0 saturated heterocycles. The number of benzene rings is 2. The van der Waals surface area contributed by atoms with Gasteiger partial charge in [0, 0.05) is 25.6 Å². The molecule has 0 N–H and O–H groups in total. The molecule has 3 heteroatoms. The molecule has 2 aromatic carbocycles.